The van der Waals surface area contributed by atoms with Crippen LogP contribution in [0.3, 0.4) is 0 Å². The van der Waals surface area contributed by atoms with Crippen molar-refractivity contribution in [3.05, 3.63) is 119 Å². The molecule has 420 valence electrons. The number of aliphatic hydroxyl groups is 1. The van der Waals surface area contributed by atoms with Gasteiger partial charge in [0.15, 0.2) is 40.1 Å². The Labute approximate surface area is 463 Å². The Morgan fingerprint density at radius 1 is 0.561 bits per heavy atom. The smallest absolute Gasteiger partial charge is 0.240 e. The summed E-state index contributed by atoms with van der Waals surface area (Å²) in [6.45, 7) is 16.6. The molecule has 0 saturated carbocycles. The third-order valence-corrected chi connectivity index (χ3v) is 12.5. The molecule has 1 aromatic carbocycles. The minimum atomic E-state index is -0.267. The Morgan fingerprint density at radius 2 is 1.06 bits per heavy atom. The van der Waals surface area contributed by atoms with E-state index >= 15 is 0 Å². The van der Waals surface area contributed by atoms with Gasteiger partial charge in [0.2, 0.25) is 35.1 Å². The fraction of sp³-hybridized carbons (Fsp3) is 0.333. The van der Waals surface area contributed by atoms with Crippen LogP contribution >= 0.6 is 0 Å². The zero-order valence-corrected chi connectivity index (χ0v) is 46.4. The van der Waals surface area contributed by atoms with Crippen molar-refractivity contribution in [1.29, 1.82) is 0 Å². The molecule has 1 N–H and O–H groups in total. The number of hydrogen-bond donors (Lipinski definition) is 1. The van der Waals surface area contributed by atoms with Crippen LogP contribution in [-0.2, 0) is 58.4 Å². The predicted molar refractivity (Wildman–Crippen MR) is 285 cm³/mol. The van der Waals surface area contributed by atoms with Gasteiger partial charge in [-0.05, 0) is 30.7 Å². The summed E-state index contributed by atoms with van der Waals surface area (Å²) in [7, 11) is 5.42. The van der Waals surface area contributed by atoms with Gasteiger partial charge in [0.1, 0.15) is 56.3 Å². The summed E-state index contributed by atoms with van der Waals surface area (Å²) >= 11 is 0. The monoisotopic (exact) mass is 1110 g/mol. The van der Waals surface area contributed by atoms with Gasteiger partial charge < -0.3 is 32.9 Å². The van der Waals surface area contributed by atoms with Crippen molar-refractivity contribution in [2.45, 2.75) is 92.6 Å². The minimum absolute atomic E-state index is 0.221. The molecule has 0 fully saturated rings. The lowest BCUT2D eigenvalue weighted by molar-refractivity contribution is 0.229. The molecule has 0 aliphatic rings. The van der Waals surface area contributed by atoms with E-state index < -0.39 is 0 Å². The first-order valence-corrected chi connectivity index (χ1v) is 25.4. The van der Waals surface area contributed by atoms with E-state index in [1.807, 2.05) is 45.2 Å². The number of ether oxygens (including phenoxy) is 3. The van der Waals surface area contributed by atoms with Crippen LogP contribution in [0.15, 0.2) is 87.3 Å². The minimum Gasteiger partial charge on any atom is -0.470 e. The summed E-state index contributed by atoms with van der Waals surface area (Å²) in [4.78, 5) is 8.37. The Balaban J connectivity index is 0.000000129. The standard InChI is InChI=1S/C17H20N8O3.C17H14N8O2.C17H20N8O2/c1-17(2,3)14-12-6-19-21-15(11-5-10(7-26)28-23-11)25(12)22-16(14)27-8-13-18-9-20-24(13)4;1-10-7-14(22-27-10)16-20-19-15-12-5-3-4-6-13(12)17(21-25(15)16)26-9-11-8-24(2)23-18-11;1-10-6-11(23-27-10)15-21-19-7-12-14(17(2,3)4)16(22-25(12)15)26-8-13-18-9-20-24(13)5/h5-6,9,26H,7-8H2,1-4H3;3-8H,9H2,1-2H3;6-7,9H,8H2,1-5H3. The molecule has 0 atom stereocenters. The van der Waals surface area contributed by atoms with Gasteiger partial charge in [0.05, 0.1) is 29.6 Å². The Hall–Kier alpha value is -10.5. The maximum atomic E-state index is 9.22. The molecule has 0 bridgehead atoms. The van der Waals surface area contributed by atoms with E-state index in [2.05, 4.69) is 133 Å². The number of fused-ring (bicyclic) bond motifs is 5. The Kier molecular flexibility index (Phi) is 14.1. The number of nitrogens with zero attached hydrogens (tertiary/aromatic N) is 24. The van der Waals surface area contributed by atoms with Gasteiger partial charge in [0.25, 0.3) is 0 Å². The third kappa shape index (κ3) is 10.7. The molecule has 0 radical (unpaired) electrons. The highest BCUT2D eigenvalue weighted by Gasteiger charge is 2.30. The number of rotatable bonds is 13. The highest BCUT2D eigenvalue weighted by Crippen LogP contribution is 2.38. The lowest BCUT2D eigenvalue weighted by Crippen LogP contribution is -2.14. The third-order valence-electron chi connectivity index (χ3n) is 12.5. The van der Waals surface area contributed by atoms with Crippen molar-refractivity contribution in [3.8, 4) is 52.2 Å². The number of aromatic nitrogens is 24. The van der Waals surface area contributed by atoms with Gasteiger partial charge in [0, 0.05) is 61.2 Å². The van der Waals surface area contributed by atoms with Gasteiger partial charge in [-0.2, -0.15) is 24.9 Å². The molecule has 0 saturated heterocycles. The fourth-order valence-electron chi connectivity index (χ4n) is 8.70. The number of aryl methyl sites for hydroxylation is 5. The van der Waals surface area contributed by atoms with Crippen molar-refractivity contribution in [1.82, 2.24) is 119 Å². The molecular weight excluding hydrogens is 1060 g/mol. The Morgan fingerprint density at radius 3 is 1.52 bits per heavy atom. The second-order valence-corrected chi connectivity index (χ2v) is 20.7. The molecule has 0 aliphatic heterocycles. The number of benzene rings is 1. The van der Waals surface area contributed by atoms with Crippen molar-refractivity contribution in [3.63, 3.8) is 0 Å². The fourth-order valence-corrected chi connectivity index (χ4v) is 8.70. The van der Waals surface area contributed by atoms with E-state index in [1.54, 1.807) is 78.5 Å². The van der Waals surface area contributed by atoms with E-state index in [0.717, 1.165) is 32.9 Å². The Bertz CT molecular complexity index is 4370. The average Bonchev–Trinajstić information content (AvgIpc) is 3.99. The first-order valence-electron chi connectivity index (χ1n) is 25.4. The molecule has 0 spiro atoms. The van der Waals surface area contributed by atoms with Gasteiger partial charge >= 0.3 is 0 Å². The zero-order chi connectivity index (χ0) is 57.5. The van der Waals surface area contributed by atoms with Crippen LogP contribution < -0.4 is 14.2 Å². The van der Waals surface area contributed by atoms with Crippen molar-refractivity contribution in [2.24, 2.45) is 21.1 Å². The van der Waals surface area contributed by atoms with Gasteiger partial charge in [-0.25, -0.2) is 19.0 Å². The van der Waals surface area contributed by atoms with Crippen LogP contribution in [0.25, 0.3) is 62.0 Å². The van der Waals surface area contributed by atoms with Crippen LogP contribution in [0.2, 0.25) is 0 Å². The van der Waals surface area contributed by atoms with E-state index in [4.69, 9.17) is 27.8 Å². The molecule has 13 aromatic rings. The van der Waals surface area contributed by atoms with Crippen LogP contribution in [0.4, 0.5) is 0 Å². The molecule has 82 heavy (non-hydrogen) atoms. The van der Waals surface area contributed by atoms with Crippen LogP contribution in [0, 0.1) is 13.8 Å². The highest BCUT2D eigenvalue weighted by molar-refractivity contribution is 5.97. The maximum Gasteiger partial charge on any atom is 0.240 e. The normalized spacial score (nSPS) is 11.9. The SMILES string of the molecule is Cc1cc(-c2nnc3c4ccccc4c(OCc4cn(C)nn4)nn23)no1.Cc1cc(-c2nncc3c(C(C)(C)C)c(OCc4ncnn4C)nn23)no1.Cn1ncnc1COc1nn2c(-c3cc(CO)on3)nncc2c1C(C)(C)C. The largest absolute Gasteiger partial charge is 0.470 e. The summed E-state index contributed by atoms with van der Waals surface area (Å²) in [5.41, 5.74) is 5.75. The number of aliphatic hydroxyl groups excluding tert-OH is 1. The molecule has 12 aromatic heterocycles. The predicted octanol–water partition coefficient (Wildman–Crippen LogP) is 5.32. The van der Waals surface area contributed by atoms with Crippen LogP contribution in [0.5, 0.6) is 17.6 Å². The van der Waals surface area contributed by atoms with Gasteiger partial charge in [-0.15, -0.1) is 40.8 Å². The lowest BCUT2D eigenvalue weighted by atomic mass is 9.88. The molecule has 31 heteroatoms. The maximum absolute atomic E-state index is 9.22. The number of hydrogen-bond acceptors (Lipinski definition) is 25. The van der Waals surface area contributed by atoms with E-state index in [0.29, 0.717) is 92.5 Å². The lowest BCUT2D eigenvalue weighted by Gasteiger charge is -2.18. The topological polar surface area (TPSA) is 347 Å². The first-order chi connectivity index (χ1) is 39.4. The second-order valence-electron chi connectivity index (χ2n) is 20.7. The summed E-state index contributed by atoms with van der Waals surface area (Å²) in [6, 6.07) is 12.9. The first kappa shape index (κ1) is 53.5. The molecule has 12 heterocycles. The van der Waals surface area contributed by atoms with Gasteiger partial charge in [-0.3, -0.25) is 14.0 Å². The molecule has 0 aliphatic carbocycles. The second kappa shape index (κ2) is 21.6. The average molecular weight is 1120 g/mol. The quantitative estimate of drug-likeness (QED) is 0.153. The van der Waals surface area contributed by atoms with E-state index in [-0.39, 0.29) is 37.3 Å². The highest BCUT2D eigenvalue weighted by atomic mass is 16.5. The molecule has 31 nitrogen and oxygen atoms in total. The van der Waals surface area contributed by atoms with Crippen molar-refractivity contribution < 1.29 is 32.9 Å². The molecular formula is C51H54N24O7. The summed E-state index contributed by atoms with van der Waals surface area (Å²) in [5, 5.41) is 78.0. The summed E-state index contributed by atoms with van der Waals surface area (Å²) < 4.78 is 43.2. The summed E-state index contributed by atoms with van der Waals surface area (Å²) in [6.07, 6.45) is 8.08. The van der Waals surface area contributed by atoms with Gasteiger partial charge in [-0.1, -0.05) is 80.4 Å². The molecule has 0 unspecified atom stereocenters. The van der Waals surface area contributed by atoms with E-state index in [1.165, 1.54) is 12.7 Å². The summed E-state index contributed by atoms with van der Waals surface area (Å²) in [5.74, 6) is 5.85. The molecule has 0 amide bonds. The van der Waals surface area contributed by atoms with Crippen molar-refractivity contribution >= 4 is 27.5 Å². The van der Waals surface area contributed by atoms with Crippen LogP contribution in [0.1, 0.15) is 87.3 Å². The molecule has 13 rings (SSSR count). The van der Waals surface area contributed by atoms with E-state index in [9.17, 15) is 5.11 Å². The van der Waals surface area contributed by atoms with Crippen LogP contribution in [-0.4, -0.2) is 125 Å². The zero-order valence-electron chi connectivity index (χ0n) is 46.4. The van der Waals surface area contributed by atoms with Crippen molar-refractivity contribution in [2.75, 3.05) is 0 Å².